The molecule has 0 saturated heterocycles. The number of sulfonamides is 1. The third kappa shape index (κ3) is 3.00. The van der Waals surface area contributed by atoms with Crippen LogP contribution >= 0.6 is 0 Å². The van der Waals surface area contributed by atoms with Gasteiger partial charge in [0.1, 0.15) is 5.56 Å². The lowest BCUT2D eigenvalue weighted by atomic mass is 9.86. The fraction of sp³-hybridized carbons (Fsp3) is 0.636. The van der Waals surface area contributed by atoms with Crippen molar-refractivity contribution in [2.45, 2.75) is 36.8 Å². The Morgan fingerprint density at radius 1 is 1.45 bits per heavy atom. The monoisotopic (exact) mass is 303 g/mol. The first kappa shape index (κ1) is 14.9. The zero-order valence-corrected chi connectivity index (χ0v) is 11.6. The van der Waals surface area contributed by atoms with Crippen molar-refractivity contribution < 1.29 is 23.4 Å². The minimum atomic E-state index is -4.00. The van der Waals surface area contributed by atoms with Crippen molar-refractivity contribution in [3.8, 4) is 0 Å². The molecular formula is C11H17N3O5S. The van der Waals surface area contributed by atoms with Gasteiger partial charge in [-0.25, -0.2) is 17.9 Å². The maximum Gasteiger partial charge on any atom is 0.340 e. The van der Waals surface area contributed by atoms with Gasteiger partial charge >= 0.3 is 5.97 Å². The van der Waals surface area contributed by atoms with Crippen LogP contribution in [-0.4, -0.2) is 47.4 Å². The fourth-order valence-electron chi connectivity index (χ4n) is 2.47. The van der Waals surface area contributed by atoms with Gasteiger partial charge in [0.2, 0.25) is 0 Å². The number of H-pyrrole nitrogens is 1. The second-order valence-electron chi connectivity index (χ2n) is 4.87. The molecule has 1 aromatic rings. The third-order valence-electron chi connectivity index (χ3n) is 3.55. The highest BCUT2D eigenvalue weighted by Gasteiger charge is 2.32. The minimum absolute atomic E-state index is 0.0953. The number of aromatic nitrogens is 2. The van der Waals surface area contributed by atoms with E-state index in [0.717, 1.165) is 25.5 Å². The number of carboxylic acids is 1. The zero-order valence-electron chi connectivity index (χ0n) is 10.7. The third-order valence-corrected chi connectivity index (χ3v) is 5.02. The standard InChI is InChI=1S/C11H17N3O5S/c15-6-7-3-1-2-4-9(7)14-20(18,19)10-8(11(16)17)5-12-13-10/h5,7,9,14-15H,1-4,6H2,(H,12,13)(H,16,17). The molecule has 1 aromatic heterocycles. The van der Waals surface area contributed by atoms with Crippen LogP contribution in [0.3, 0.4) is 0 Å². The summed E-state index contributed by atoms with van der Waals surface area (Å²) < 4.78 is 26.9. The van der Waals surface area contributed by atoms with Gasteiger partial charge in [-0.2, -0.15) is 5.10 Å². The molecule has 20 heavy (non-hydrogen) atoms. The van der Waals surface area contributed by atoms with E-state index >= 15 is 0 Å². The van der Waals surface area contributed by atoms with Crippen molar-refractivity contribution in [3.63, 3.8) is 0 Å². The van der Waals surface area contributed by atoms with Gasteiger partial charge < -0.3 is 10.2 Å². The van der Waals surface area contributed by atoms with Crippen molar-refractivity contribution in [2.24, 2.45) is 5.92 Å². The summed E-state index contributed by atoms with van der Waals surface area (Å²) in [4.78, 5) is 11.0. The maximum atomic E-state index is 12.2. The Labute approximate surface area is 116 Å². The molecule has 2 rings (SSSR count). The van der Waals surface area contributed by atoms with Gasteiger partial charge in [0, 0.05) is 12.6 Å². The van der Waals surface area contributed by atoms with Gasteiger partial charge in [-0.05, 0) is 18.8 Å². The Balaban J connectivity index is 2.22. The molecule has 0 bridgehead atoms. The Kier molecular flexibility index (Phi) is 4.41. The van der Waals surface area contributed by atoms with Gasteiger partial charge in [-0.1, -0.05) is 12.8 Å². The minimum Gasteiger partial charge on any atom is -0.478 e. The number of nitrogens with one attached hydrogen (secondary N) is 2. The predicted octanol–water partition coefficient (Wildman–Crippen LogP) is -0.0627. The second-order valence-corrected chi connectivity index (χ2v) is 6.52. The average molecular weight is 303 g/mol. The molecule has 0 aromatic carbocycles. The summed E-state index contributed by atoms with van der Waals surface area (Å²) in [5, 5.41) is 23.4. The van der Waals surface area contributed by atoms with E-state index in [2.05, 4.69) is 14.9 Å². The largest absolute Gasteiger partial charge is 0.478 e. The van der Waals surface area contributed by atoms with Crippen molar-refractivity contribution in [2.75, 3.05) is 6.61 Å². The van der Waals surface area contributed by atoms with Gasteiger partial charge in [-0.3, -0.25) is 5.10 Å². The van der Waals surface area contributed by atoms with E-state index in [4.69, 9.17) is 5.11 Å². The summed E-state index contributed by atoms with van der Waals surface area (Å²) in [7, 11) is -4.00. The van der Waals surface area contributed by atoms with Crippen LogP contribution in [0.1, 0.15) is 36.0 Å². The number of nitrogens with zero attached hydrogens (tertiary/aromatic N) is 1. The molecule has 1 fully saturated rings. The molecule has 0 aliphatic heterocycles. The highest BCUT2D eigenvalue weighted by Crippen LogP contribution is 2.25. The molecular weight excluding hydrogens is 286 g/mol. The summed E-state index contributed by atoms with van der Waals surface area (Å²) in [6.07, 6.45) is 4.16. The Bertz CT molecular complexity index is 583. The van der Waals surface area contributed by atoms with E-state index in [0.29, 0.717) is 6.42 Å². The predicted molar refractivity (Wildman–Crippen MR) is 68.7 cm³/mol. The summed E-state index contributed by atoms with van der Waals surface area (Å²) in [6.45, 7) is -0.0953. The van der Waals surface area contributed by atoms with E-state index in [1.165, 1.54) is 0 Å². The normalized spacial score (nSPS) is 23.6. The van der Waals surface area contributed by atoms with Crippen LogP contribution in [0.25, 0.3) is 0 Å². The summed E-state index contributed by atoms with van der Waals surface area (Å²) in [5.74, 6) is -1.50. The summed E-state index contributed by atoms with van der Waals surface area (Å²) >= 11 is 0. The molecule has 8 nitrogen and oxygen atoms in total. The summed E-state index contributed by atoms with van der Waals surface area (Å²) in [6, 6.07) is -0.385. The Hall–Kier alpha value is -1.45. The number of carboxylic acid groups (broad SMARTS) is 1. The first-order valence-electron chi connectivity index (χ1n) is 6.35. The van der Waals surface area contributed by atoms with Gasteiger partial charge in [-0.15, -0.1) is 0 Å². The van der Waals surface area contributed by atoms with Crippen LogP contribution in [0.4, 0.5) is 0 Å². The van der Waals surface area contributed by atoms with Crippen LogP contribution in [-0.2, 0) is 10.0 Å². The van der Waals surface area contributed by atoms with E-state index in [1.807, 2.05) is 0 Å². The van der Waals surface area contributed by atoms with E-state index in [9.17, 15) is 18.3 Å². The molecule has 1 aliphatic rings. The Morgan fingerprint density at radius 2 is 2.15 bits per heavy atom. The number of aliphatic hydroxyl groups is 1. The summed E-state index contributed by atoms with van der Waals surface area (Å²) in [5.41, 5.74) is -0.395. The first-order chi connectivity index (χ1) is 9.45. The number of aliphatic hydroxyl groups excluding tert-OH is 1. The molecule has 0 amide bonds. The molecule has 9 heteroatoms. The van der Waals surface area contributed by atoms with Crippen molar-refractivity contribution in [3.05, 3.63) is 11.8 Å². The number of aromatic carboxylic acids is 1. The molecule has 112 valence electrons. The topological polar surface area (TPSA) is 132 Å². The van der Waals surface area contributed by atoms with E-state index in [-0.39, 0.29) is 18.6 Å². The molecule has 4 N–H and O–H groups in total. The van der Waals surface area contributed by atoms with Crippen molar-refractivity contribution >= 4 is 16.0 Å². The van der Waals surface area contributed by atoms with Gasteiger partial charge in [0.15, 0.2) is 5.03 Å². The number of rotatable bonds is 5. The second kappa shape index (κ2) is 5.90. The van der Waals surface area contributed by atoms with Crippen LogP contribution in [0, 0.1) is 5.92 Å². The number of hydrogen-bond acceptors (Lipinski definition) is 5. The van der Waals surface area contributed by atoms with Gasteiger partial charge in [0.05, 0.1) is 6.20 Å². The molecule has 1 aliphatic carbocycles. The lowest BCUT2D eigenvalue weighted by molar-refractivity contribution is 0.0692. The van der Waals surface area contributed by atoms with Crippen LogP contribution < -0.4 is 4.72 Å². The van der Waals surface area contributed by atoms with E-state index < -0.39 is 26.6 Å². The van der Waals surface area contributed by atoms with Crippen molar-refractivity contribution in [1.82, 2.24) is 14.9 Å². The smallest absolute Gasteiger partial charge is 0.340 e. The lowest BCUT2D eigenvalue weighted by Gasteiger charge is -2.30. The van der Waals surface area contributed by atoms with Crippen LogP contribution in [0.5, 0.6) is 0 Å². The highest BCUT2D eigenvalue weighted by molar-refractivity contribution is 7.89. The van der Waals surface area contributed by atoms with Crippen molar-refractivity contribution in [1.29, 1.82) is 0 Å². The molecule has 1 heterocycles. The number of hydrogen-bond donors (Lipinski definition) is 4. The Morgan fingerprint density at radius 3 is 2.80 bits per heavy atom. The fourth-order valence-corrected chi connectivity index (χ4v) is 3.90. The van der Waals surface area contributed by atoms with E-state index in [1.54, 1.807) is 0 Å². The average Bonchev–Trinajstić information content (AvgIpc) is 2.89. The first-order valence-corrected chi connectivity index (χ1v) is 7.84. The number of aromatic amines is 1. The van der Waals surface area contributed by atoms with Crippen LogP contribution in [0.2, 0.25) is 0 Å². The molecule has 2 unspecified atom stereocenters. The lowest BCUT2D eigenvalue weighted by Crippen LogP contribution is -2.43. The zero-order chi connectivity index (χ0) is 14.8. The molecule has 2 atom stereocenters. The molecule has 0 radical (unpaired) electrons. The van der Waals surface area contributed by atoms with Gasteiger partial charge in [0.25, 0.3) is 10.0 Å². The quantitative estimate of drug-likeness (QED) is 0.602. The van der Waals surface area contributed by atoms with Crippen LogP contribution in [0.15, 0.2) is 11.2 Å². The maximum absolute atomic E-state index is 12.2. The number of carbonyl (C=O) groups is 1. The SMILES string of the molecule is O=C(O)c1cn[nH]c1S(=O)(=O)NC1CCCCC1CO. The highest BCUT2D eigenvalue weighted by atomic mass is 32.2. The molecule has 1 saturated carbocycles. The molecule has 0 spiro atoms.